The fourth-order valence-corrected chi connectivity index (χ4v) is 1.16. The Balaban J connectivity index is 3.14. The Labute approximate surface area is 93.0 Å². The van der Waals surface area contributed by atoms with E-state index in [1.54, 1.807) is 0 Å². The molecule has 92 valence electrons. The summed E-state index contributed by atoms with van der Waals surface area (Å²) in [4.78, 5) is 0. The largest absolute Gasteiger partial charge is 0.396 e. The molecule has 0 rings (SSSR count). The molecule has 0 aliphatic heterocycles. The van der Waals surface area contributed by atoms with Gasteiger partial charge in [-0.15, -0.1) is 0 Å². The Kier molecular flexibility index (Phi) is 11.8. The molecule has 0 aliphatic carbocycles. The van der Waals surface area contributed by atoms with E-state index < -0.39 is 0 Å². The monoisotopic (exact) mass is 219 g/mol. The van der Waals surface area contributed by atoms with Crippen molar-refractivity contribution in [1.82, 2.24) is 5.32 Å². The molecule has 0 saturated carbocycles. The van der Waals surface area contributed by atoms with Crippen LogP contribution in [0.15, 0.2) is 0 Å². The van der Waals surface area contributed by atoms with Crippen molar-refractivity contribution in [2.24, 2.45) is 0 Å². The number of ether oxygens (including phenoxy) is 2. The Hall–Kier alpha value is -0.160. The summed E-state index contributed by atoms with van der Waals surface area (Å²) in [6.45, 7) is 5.09. The van der Waals surface area contributed by atoms with Gasteiger partial charge in [0, 0.05) is 19.3 Å². The van der Waals surface area contributed by atoms with Crippen molar-refractivity contribution in [3.8, 4) is 0 Å². The molecule has 0 aromatic carbocycles. The first-order chi connectivity index (χ1) is 7.35. The van der Waals surface area contributed by atoms with Crippen LogP contribution in [0.4, 0.5) is 0 Å². The van der Waals surface area contributed by atoms with E-state index in [0.717, 1.165) is 19.4 Å². The van der Waals surface area contributed by atoms with Crippen molar-refractivity contribution in [2.45, 2.75) is 32.2 Å². The minimum atomic E-state index is 0.196. The number of aliphatic hydroxyl groups is 1. The van der Waals surface area contributed by atoms with Crippen LogP contribution in [0.2, 0.25) is 0 Å². The first-order valence-corrected chi connectivity index (χ1v) is 5.78. The molecule has 15 heavy (non-hydrogen) atoms. The highest BCUT2D eigenvalue weighted by Crippen LogP contribution is 1.92. The van der Waals surface area contributed by atoms with E-state index in [1.807, 2.05) is 7.05 Å². The lowest BCUT2D eigenvalue weighted by Gasteiger charge is -2.14. The molecule has 2 N–H and O–H groups in total. The van der Waals surface area contributed by atoms with E-state index >= 15 is 0 Å². The van der Waals surface area contributed by atoms with Gasteiger partial charge in [0.2, 0.25) is 0 Å². The average molecular weight is 219 g/mol. The minimum absolute atomic E-state index is 0.196. The Morgan fingerprint density at radius 2 is 1.93 bits per heavy atom. The Morgan fingerprint density at radius 3 is 2.53 bits per heavy atom. The molecule has 0 amide bonds. The summed E-state index contributed by atoms with van der Waals surface area (Å²) in [6.07, 6.45) is 3.01. The zero-order valence-electron chi connectivity index (χ0n) is 10.00. The quantitative estimate of drug-likeness (QED) is 0.504. The lowest BCUT2D eigenvalue weighted by Crippen LogP contribution is -2.31. The van der Waals surface area contributed by atoms with Gasteiger partial charge in [-0.05, 0) is 19.9 Å². The molecule has 0 aliphatic rings. The van der Waals surface area contributed by atoms with Gasteiger partial charge in [-0.3, -0.25) is 0 Å². The molecule has 0 fully saturated rings. The van der Waals surface area contributed by atoms with Gasteiger partial charge >= 0.3 is 0 Å². The predicted octanol–water partition coefficient (Wildman–Crippen LogP) is 0.790. The molecular weight excluding hydrogens is 194 g/mol. The summed E-state index contributed by atoms with van der Waals surface area (Å²) in [5, 5.41) is 11.8. The fourth-order valence-electron chi connectivity index (χ4n) is 1.16. The van der Waals surface area contributed by atoms with Gasteiger partial charge in [-0.1, -0.05) is 13.3 Å². The molecule has 0 aromatic rings. The van der Waals surface area contributed by atoms with Crippen LogP contribution in [0.3, 0.4) is 0 Å². The molecule has 1 unspecified atom stereocenters. The van der Waals surface area contributed by atoms with Gasteiger partial charge in [0.15, 0.2) is 0 Å². The van der Waals surface area contributed by atoms with Gasteiger partial charge in [-0.25, -0.2) is 0 Å². The van der Waals surface area contributed by atoms with Gasteiger partial charge in [0.1, 0.15) is 0 Å². The van der Waals surface area contributed by atoms with Crippen LogP contribution in [0, 0.1) is 0 Å². The molecule has 0 heterocycles. The molecule has 0 bridgehead atoms. The molecule has 1 atom stereocenters. The topological polar surface area (TPSA) is 50.7 Å². The molecule has 4 nitrogen and oxygen atoms in total. The van der Waals surface area contributed by atoms with E-state index in [1.165, 1.54) is 6.42 Å². The van der Waals surface area contributed by atoms with Crippen LogP contribution >= 0.6 is 0 Å². The van der Waals surface area contributed by atoms with Crippen molar-refractivity contribution in [1.29, 1.82) is 0 Å². The van der Waals surface area contributed by atoms with Crippen molar-refractivity contribution in [3.05, 3.63) is 0 Å². The summed E-state index contributed by atoms with van der Waals surface area (Å²) in [6, 6.07) is 0.241. The van der Waals surface area contributed by atoms with E-state index in [-0.39, 0.29) is 12.6 Å². The zero-order valence-corrected chi connectivity index (χ0v) is 10.00. The maximum Gasteiger partial charge on any atom is 0.0701 e. The van der Waals surface area contributed by atoms with Gasteiger partial charge in [-0.2, -0.15) is 0 Å². The third-order valence-electron chi connectivity index (χ3n) is 2.22. The first-order valence-electron chi connectivity index (χ1n) is 5.78. The highest BCUT2D eigenvalue weighted by molar-refractivity contribution is 4.61. The number of hydrogen-bond donors (Lipinski definition) is 2. The summed E-state index contributed by atoms with van der Waals surface area (Å²) < 4.78 is 10.8. The smallest absolute Gasteiger partial charge is 0.0701 e. The summed E-state index contributed by atoms with van der Waals surface area (Å²) >= 11 is 0. The number of aliphatic hydroxyl groups excluding tert-OH is 1. The van der Waals surface area contributed by atoms with Gasteiger partial charge < -0.3 is 19.9 Å². The maximum absolute atomic E-state index is 8.75. The molecule has 0 saturated heterocycles. The van der Waals surface area contributed by atoms with Crippen LogP contribution in [0.1, 0.15) is 26.2 Å². The summed E-state index contributed by atoms with van der Waals surface area (Å²) in [7, 11) is 1.88. The second-order valence-corrected chi connectivity index (χ2v) is 3.54. The molecule has 4 heteroatoms. The summed E-state index contributed by atoms with van der Waals surface area (Å²) in [5.74, 6) is 0. The van der Waals surface area contributed by atoms with Crippen molar-refractivity contribution < 1.29 is 14.6 Å². The Bertz CT molecular complexity index is 122. The molecule has 0 aromatic heterocycles. The maximum atomic E-state index is 8.75. The third kappa shape index (κ3) is 10.1. The number of likely N-dealkylation sites (N-methyl/N-ethyl adjacent to an activating group) is 1. The third-order valence-corrected chi connectivity index (χ3v) is 2.22. The van der Waals surface area contributed by atoms with Crippen LogP contribution in [0.25, 0.3) is 0 Å². The second kappa shape index (κ2) is 11.9. The van der Waals surface area contributed by atoms with E-state index in [2.05, 4.69) is 12.2 Å². The van der Waals surface area contributed by atoms with Crippen molar-refractivity contribution >= 4 is 0 Å². The fraction of sp³-hybridized carbons (Fsp3) is 1.00. The second-order valence-electron chi connectivity index (χ2n) is 3.54. The number of unbranched alkanes of at least 4 members (excludes halogenated alkanes) is 1. The van der Waals surface area contributed by atoms with Crippen molar-refractivity contribution in [3.63, 3.8) is 0 Å². The standard InChI is InChI=1S/C11H25NO3/c1-3-4-7-14-8-9-15-10-11(12-2)5-6-13/h11-13H,3-10H2,1-2H3. The van der Waals surface area contributed by atoms with E-state index in [0.29, 0.717) is 19.8 Å². The highest BCUT2D eigenvalue weighted by Gasteiger charge is 2.04. The normalized spacial score (nSPS) is 13.0. The van der Waals surface area contributed by atoms with Crippen LogP contribution in [-0.2, 0) is 9.47 Å². The number of nitrogens with one attached hydrogen (secondary N) is 1. The molecule has 0 radical (unpaired) electrons. The molecular formula is C11H25NO3. The van der Waals surface area contributed by atoms with Crippen LogP contribution < -0.4 is 5.32 Å². The Morgan fingerprint density at radius 1 is 1.20 bits per heavy atom. The van der Waals surface area contributed by atoms with E-state index in [4.69, 9.17) is 14.6 Å². The van der Waals surface area contributed by atoms with Gasteiger partial charge in [0.05, 0.1) is 19.8 Å². The molecule has 0 spiro atoms. The minimum Gasteiger partial charge on any atom is -0.396 e. The summed E-state index contributed by atoms with van der Waals surface area (Å²) in [5.41, 5.74) is 0. The van der Waals surface area contributed by atoms with E-state index in [9.17, 15) is 0 Å². The van der Waals surface area contributed by atoms with Crippen LogP contribution in [-0.4, -0.2) is 51.2 Å². The lowest BCUT2D eigenvalue weighted by molar-refractivity contribution is 0.0364. The SMILES string of the molecule is CCCCOCCOCC(CCO)NC. The van der Waals surface area contributed by atoms with Crippen molar-refractivity contribution in [2.75, 3.05) is 40.1 Å². The van der Waals surface area contributed by atoms with Crippen LogP contribution in [0.5, 0.6) is 0 Å². The predicted molar refractivity (Wildman–Crippen MR) is 61.1 cm³/mol. The van der Waals surface area contributed by atoms with Gasteiger partial charge in [0.25, 0.3) is 0 Å². The number of rotatable bonds is 11. The zero-order chi connectivity index (χ0) is 11.4. The lowest BCUT2D eigenvalue weighted by atomic mass is 10.2. The highest BCUT2D eigenvalue weighted by atomic mass is 16.5. The first kappa shape index (κ1) is 14.8. The average Bonchev–Trinajstić information content (AvgIpc) is 2.26. The number of hydrogen-bond acceptors (Lipinski definition) is 4.